The third-order valence-electron chi connectivity index (χ3n) is 3.27. The van der Waals surface area contributed by atoms with Gasteiger partial charge in [-0.3, -0.25) is 4.79 Å². The highest BCUT2D eigenvalue weighted by Gasteiger charge is 2.38. The fraction of sp³-hybridized carbons (Fsp3) is 0.750. The smallest absolute Gasteiger partial charge is 0.141 e. The number of Topliss-reactive ketones (excluding diaryl/α,β-unsaturated/α-hetero) is 1. The molecule has 2 heteroatoms. The van der Waals surface area contributed by atoms with Crippen LogP contribution in [0.1, 0.15) is 39.5 Å². The molecule has 1 rings (SSSR count). The molecule has 0 spiro atoms. The van der Waals surface area contributed by atoms with Crippen LogP contribution < -0.4 is 0 Å². The van der Waals surface area contributed by atoms with Gasteiger partial charge in [0.25, 0.3) is 0 Å². The molecular formula is C12H20O2. The first kappa shape index (κ1) is 11.4. The summed E-state index contributed by atoms with van der Waals surface area (Å²) in [6.45, 7) is 7.77. The van der Waals surface area contributed by atoms with Gasteiger partial charge >= 0.3 is 0 Å². The molecule has 0 bridgehead atoms. The van der Waals surface area contributed by atoms with Crippen molar-refractivity contribution in [3.8, 4) is 0 Å². The minimum Gasteiger partial charge on any atom is -0.392 e. The van der Waals surface area contributed by atoms with Crippen molar-refractivity contribution in [3.05, 3.63) is 12.2 Å². The summed E-state index contributed by atoms with van der Waals surface area (Å²) in [5.41, 5.74) is 0.507. The van der Waals surface area contributed by atoms with Gasteiger partial charge in [-0.2, -0.15) is 0 Å². The highest BCUT2D eigenvalue weighted by molar-refractivity contribution is 5.87. The molecule has 1 aliphatic carbocycles. The lowest BCUT2D eigenvalue weighted by Gasteiger charge is -2.35. The van der Waals surface area contributed by atoms with E-state index in [0.717, 1.165) is 24.8 Å². The molecule has 14 heavy (non-hydrogen) atoms. The summed E-state index contributed by atoms with van der Waals surface area (Å²) in [7, 11) is 0. The maximum Gasteiger partial charge on any atom is 0.141 e. The summed E-state index contributed by atoms with van der Waals surface area (Å²) in [4.78, 5) is 12.0. The SMILES string of the molecule is C=C(CO)CC1(C)CCCC(C)C1=O. The van der Waals surface area contributed by atoms with E-state index in [1.807, 2.05) is 13.8 Å². The minimum atomic E-state index is -0.266. The second-order valence-electron chi connectivity index (χ2n) is 4.80. The maximum absolute atomic E-state index is 12.0. The number of aliphatic hydroxyl groups is 1. The van der Waals surface area contributed by atoms with Crippen LogP contribution in [0.15, 0.2) is 12.2 Å². The molecule has 1 fully saturated rings. The van der Waals surface area contributed by atoms with Crippen molar-refractivity contribution >= 4 is 5.78 Å². The molecule has 80 valence electrons. The lowest BCUT2D eigenvalue weighted by molar-refractivity contribution is -0.134. The molecule has 1 N–H and O–H groups in total. The lowest BCUT2D eigenvalue weighted by Crippen LogP contribution is -2.36. The van der Waals surface area contributed by atoms with Crippen LogP contribution in [0.4, 0.5) is 0 Å². The molecule has 1 aliphatic rings. The zero-order valence-corrected chi connectivity index (χ0v) is 9.18. The van der Waals surface area contributed by atoms with Gasteiger partial charge in [0.15, 0.2) is 0 Å². The van der Waals surface area contributed by atoms with Crippen LogP contribution in [0.25, 0.3) is 0 Å². The van der Waals surface area contributed by atoms with Gasteiger partial charge in [-0.1, -0.05) is 32.4 Å². The molecule has 0 aromatic heterocycles. The van der Waals surface area contributed by atoms with Gasteiger partial charge in [0.2, 0.25) is 0 Å². The van der Waals surface area contributed by atoms with Crippen molar-refractivity contribution in [2.24, 2.45) is 11.3 Å². The lowest BCUT2D eigenvalue weighted by atomic mass is 9.67. The second kappa shape index (κ2) is 4.26. The van der Waals surface area contributed by atoms with Crippen molar-refractivity contribution in [1.82, 2.24) is 0 Å². The van der Waals surface area contributed by atoms with Gasteiger partial charge in [0.05, 0.1) is 6.61 Å². The highest BCUT2D eigenvalue weighted by atomic mass is 16.3. The Morgan fingerprint density at radius 2 is 2.36 bits per heavy atom. The van der Waals surface area contributed by atoms with Crippen LogP contribution in [-0.2, 0) is 4.79 Å². The van der Waals surface area contributed by atoms with Crippen LogP contribution in [0.5, 0.6) is 0 Å². The Balaban J connectivity index is 2.71. The number of rotatable bonds is 3. The molecule has 1 saturated carbocycles. The molecule has 2 atom stereocenters. The predicted molar refractivity (Wildman–Crippen MR) is 57.0 cm³/mol. The van der Waals surface area contributed by atoms with Crippen LogP contribution in [0.3, 0.4) is 0 Å². The predicted octanol–water partition coefficient (Wildman–Crippen LogP) is 2.32. The number of aliphatic hydroxyl groups excluding tert-OH is 1. The van der Waals surface area contributed by atoms with E-state index in [1.54, 1.807) is 0 Å². The first-order valence-electron chi connectivity index (χ1n) is 5.31. The van der Waals surface area contributed by atoms with Crippen molar-refractivity contribution < 1.29 is 9.90 Å². The molecule has 0 amide bonds. The number of carbonyl (C=O) groups is 1. The molecule has 0 heterocycles. The van der Waals surface area contributed by atoms with Gasteiger partial charge < -0.3 is 5.11 Å². The summed E-state index contributed by atoms with van der Waals surface area (Å²) in [6.07, 6.45) is 3.71. The summed E-state index contributed by atoms with van der Waals surface area (Å²) in [5, 5.41) is 8.92. The molecule has 0 aliphatic heterocycles. The third kappa shape index (κ3) is 2.24. The number of hydrogen-bond acceptors (Lipinski definition) is 2. The van der Waals surface area contributed by atoms with Crippen molar-refractivity contribution in [2.75, 3.05) is 6.61 Å². The Bertz CT molecular complexity index is 245. The summed E-state index contributed by atoms with van der Waals surface area (Å²) in [6, 6.07) is 0. The fourth-order valence-corrected chi connectivity index (χ4v) is 2.43. The molecular weight excluding hydrogens is 176 g/mol. The normalized spacial score (nSPS) is 33.1. The molecule has 2 unspecified atom stereocenters. The standard InChI is InChI=1S/C12H20O2/c1-9(8-13)7-12(3)6-4-5-10(2)11(12)14/h10,13H,1,4-8H2,2-3H3. The van der Waals surface area contributed by atoms with E-state index in [4.69, 9.17) is 5.11 Å². The zero-order chi connectivity index (χ0) is 10.8. The maximum atomic E-state index is 12.0. The molecule has 0 radical (unpaired) electrons. The Labute approximate surface area is 86.0 Å². The summed E-state index contributed by atoms with van der Waals surface area (Å²) >= 11 is 0. The second-order valence-corrected chi connectivity index (χ2v) is 4.80. The van der Waals surface area contributed by atoms with Crippen molar-refractivity contribution in [1.29, 1.82) is 0 Å². The highest BCUT2D eigenvalue weighted by Crippen LogP contribution is 2.40. The van der Waals surface area contributed by atoms with Crippen LogP contribution >= 0.6 is 0 Å². The van der Waals surface area contributed by atoms with Crippen LogP contribution in [0.2, 0.25) is 0 Å². The molecule has 0 saturated heterocycles. The number of hydrogen-bond donors (Lipinski definition) is 1. The average molecular weight is 196 g/mol. The summed E-state index contributed by atoms with van der Waals surface area (Å²) in [5.74, 6) is 0.526. The van der Waals surface area contributed by atoms with E-state index >= 15 is 0 Å². The van der Waals surface area contributed by atoms with E-state index in [1.165, 1.54) is 0 Å². The van der Waals surface area contributed by atoms with E-state index in [0.29, 0.717) is 12.2 Å². The van der Waals surface area contributed by atoms with Gasteiger partial charge in [-0.15, -0.1) is 0 Å². The van der Waals surface area contributed by atoms with Gasteiger partial charge in [-0.05, 0) is 19.3 Å². The topological polar surface area (TPSA) is 37.3 Å². The summed E-state index contributed by atoms with van der Waals surface area (Å²) < 4.78 is 0. The van der Waals surface area contributed by atoms with E-state index in [9.17, 15) is 4.79 Å². The fourth-order valence-electron chi connectivity index (χ4n) is 2.43. The van der Waals surface area contributed by atoms with Gasteiger partial charge in [0.1, 0.15) is 5.78 Å². The number of ketones is 1. The van der Waals surface area contributed by atoms with Gasteiger partial charge in [-0.25, -0.2) is 0 Å². The Kier molecular flexibility index (Phi) is 3.48. The monoisotopic (exact) mass is 196 g/mol. The Morgan fingerprint density at radius 1 is 1.71 bits per heavy atom. The van der Waals surface area contributed by atoms with E-state index in [2.05, 4.69) is 6.58 Å². The third-order valence-corrected chi connectivity index (χ3v) is 3.27. The largest absolute Gasteiger partial charge is 0.392 e. The molecule has 0 aromatic rings. The molecule has 0 aromatic carbocycles. The quantitative estimate of drug-likeness (QED) is 0.703. The number of carbonyl (C=O) groups excluding carboxylic acids is 1. The zero-order valence-electron chi connectivity index (χ0n) is 9.18. The first-order valence-corrected chi connectivity index (χ1v) is 5.31. The van der Waals surface area contributed by atoms with E-state index < -0.39 is 0 Å². The average Bonchev–Trinajstić information content (AvgIpc) is 2.14. The van der Waals surface area contributed by atoms with Crippen molar-refractivity contribution in [2.45, 2.75) is 39.5 Å². The Hall–Kier alpha value is -0.630. The van der Waals surface area contributed by atoms with Crippen molar-refractivity contribution in [3.63, 3.8) is 0 Å². The van der Waals surface area contributed by atoms with Gasteiger partial charge in [0, 0.05) is 11.3 Å². The van der Waals surface area contributed by atoms with E-state index in [-0.39, 0.29) is 17.9 Å². The minimum absolute atomic E-state index is 0.00273. The van der Waals surface area contributed by atoms with Crippen LogP contribution in [0, 0.1) is 11.3 Å². The molecule has 2 nitrogen and oxygen atoms in total. The Morgan fingerprint density at radius 3 is 2.93 bits per heavy atom. The first-order chi connectivity index (χ1) is 6.49. The van der Waals surface area contributed by atoms with Crippen LogP contribution in [-0.4, -0.2) is 17.5 Å².